The average molecular weight is 436 g/mol. The van der Waals surface area contributed by atoms with Gasteiger partial charge >= 0.3 is 0 Å². The third-order valence-electron chi connectivity index (χ3n) is 5.10. The number of aromatic nitrogens is 4. The van der Waals surface area contributed by atoms with E-state index in [-0.39, 0.29) is 17.2 Å². The highest BCUT2D eigenvalue weighted by Gasteiger charge is 2.17. The molecule has 8 heteroatoms. The number of para-hydroxylation sites is 1. The van der Waals surface area contributed by atoms with E-state index in [0.29, 0.717) is 22.9 Å². The summed E-state index contributed by atoms with van der Waals surface area (Å²) in [5.74, 6) is 0.590. The molecule has 1 N–H and O–H groups in total. The van der Waals surface area contributed by atoms with Gasteiger partial charge in [-0.25, -0.2) is 0 Å². The Balaban J connectivity index is 1.64. The largest absolute Gasteiger partial charge is 0.325 e. The number of aryl methyl sites for hydroxylation is 2. The number of fused-ring (bicyclic) bond motifs is 3. The van der Waals surface area contributed by atoms with Crippen molar-refractivity contribution in [2.45, 2.75) is 44.8 Å². The minimum absolute atomic E-state index is 0.0552. The van der Waals surface area contributed by atoms with Crippen LogP contribution in [0.1, 0.15) is 31.7 Å². The number of nitrogens with one attached hydrogen (secondary N) is 1. The maximum atomic E-state index is 13.1. The van der Waals surface area contributed by atoms with Crippen molar-refractivity contribution in [3.63, 3.8) is 0 Å². The molecule has 0 aliphatic rings. The second-order valence-corrected chi connectivity index (χ2v) is 8.45. The summed E-state index contributed by atoms with van der Waals surface area (Å²) in [4.78, 5) is 25.5. The molecule has 0 spiro atoms. The van der Waals surface area contributed by atoms with Crippen LogP contribution < -0.4 is 10.9 Å². The van der Waals surface area contributed by atoms with Crippen LogP contribution in [0.2, 0.25) is 0 Å². The van der Waals surface area contributed by atoms with E-state index in [4.69, 9.17) is 0 Å². The maximum absolute atomic E-state index is 13.1. The highest BCUT2D eigenvalue weighted by atomic mass is 32.2. The Morgan fingerprint density at radius 2 is 1.94 bits per heavy atom. The number of carbonyl (C=O) groups excluding carboxylic acids is 1. The summed E-state index contributed by atoms with van der Waals surface area (Å²) in [6.45, 7) is 4.71. The average Bonchev–Trinajstić information content (AvgIpc) is 3.19. The van der Waals surface area contributed by atoms with Gasteiger partial charge in [-0.1, -0.05) is 55.8 Å². The number of unbranched alkanes of at least 4 members (excludes halogenated alkanes) is 2. The molecule has 0 unspecified atom stereocenters. The standard InChI is InChI=1S/C23H25N5O2S/c1-3-4-7-13-27-21(30)18-11-5-6-12-19(18)28-22(27)25-26-23(28)31-15-20(29)24-17-10-8-9-16(2)14-17/h5-6,8-12,14H,3-4,7,13,15H2,1-2H3,(H,24,29). The summed E-state index contributed by atoms with van der Waals surface area (Å²) in [5.41, 5.74) is 2.55. The number of carbonyl (C=O) groups is 1. The lowest BCUT2D eigenvalue weighted by Crippen LogP contribution is -2.23. The number of hydrogen-bond donors (Lipinski definition) is 1. The van der Waals surface area contributed by atoms with Crippen molar-refractivity contribution in [2.75, 3.05) is 11.1 Å². The van der Waals surface area contributed by atoms with E-state index >= 15 is 0 Å². The number of rotatable bonds is 8. The van der Waals surface area contributed by atoms with Gasteiger partial charge in [0, 0.05) is 12.2 Å². The Morgan fingerprint density at radius 1 is 1.10 bits per heavy atom. The van der Waals surface area contributed by atoms with Crippen molar-refractivity contribution >= 4 is 40.0 Å². The predicted octanol–water partition coefficient (Wildman–Crippen LogP) is 4.27. The van der Waals surface area contributed by atoms with Gasteiger partial charge in [-0.05, 0) is 43.2 Å². The molecule has 0 radical (unpaired) electrons. The first-order chi connectivity index (χ1) is 15.1. The fourth-order valence-electron chi connectivity index (χ4n) is 3.60. The minimum atomic E-state index is -0.118. The number of thioether (sulfide) groups is 1. The Morgan fingerprint density at radius 3 is 2.74 bits per heavy atom. The molecule has 0 saturated heterocycles. The highest BCUT2D eigenvalue weighted by Crippen LogP contribution is 2.22. The first-order valence-corrected chi connectivity index (χ1v) is 11.4. The first kappa shape index (κ1) is 21.1. The molecule has 4 rings (SSSR count). The van der Waals surface area contributed by atoms with Crippen LogP contribution >= 0.6 is 11.8 Å². The number of amides is 1. The van der Waals surface area contributed by atoms with E-state index in [0.717, 1.165) is 36.0 Å². The molecule has 160 valence electrons. The van der Waals surface area contributed by atoms with Crippen molar-refractivity contribution in [1.29, 1.82) is 0 Å². The van der Waals surface area contributed by atoms with Gasteiger partial charge in [0.15, 0.2) is 5.16 Å². The molecule has 0 aliphatic heterocycles. The van der Waals surface area contributed by atoms with Crippen LogP contribution in [-0.4, -0.2) is 30.8 Å². The van der Waals surface area contributed by atoms with E-state index < -0.39 is 0 Å². The van der Waals surface area contributed by atoms with E-state index in [1.165, 1.54) is 11.8 Å². The van der Waals surface area contributed by atoms with E-state index in [2.05, 4.69) is 22.4 Å². The summed E-state index contributed by atoms with van der Waals surface area (Å²) < 4.78 is 3.58. The van der Waals surface area contributed by atoms with Crippen LogP contribution in [0.4, 0.5) is 5.69 Å². The predicted molar refractivity (Wildman–Crippen MR) is 125 cm³/mol. The number of nitrogens with zero attached hydrogens (tertiary/aromatic N) is 4. The molecular formula is C23H25N5O2S. The SMILES string of the molecule is CCCCCn1c(=O)c2ccccc2n2c(SCC(=O)Nc3cccc(C)c3)nnc12. The zero-order valence-corrected chi connectivity index (χ0v) is 18.5. The summed E-state index contributed by atoms with van der Waals surface area (Å²) in [7, 11) is 0. The van der Waals surface area contributed by atoms with Crippen LogP contribution in [0.5, 0.6) is 0 Å². The molecule has 0 aliphatic carbocycles. The lowest BCUT2D eigenvalue weighted by atomic mass is 10.2. The topological polar surface area (TPSA) is 81.3 Å². The second-order valence-electron chi connectivity index (χ2n) is 7.51. The third-order valence-corrected chi connectivity index (χ3v) is 6.03. The molecule has 0 atom stereocenters. The fraction of sp³-hybridized carbons (Fsp3) is 0.304. The molecule has 0 bridgehead atoms. The van der Waals surface area contributed by atoms with Crippen LogP contribution in [0.25, 0.3) is 16.7 Å². The quantitative estimate of drug-likeness (QED) is 0.330. The van der Waals surface area contributed by atoms with Gasteiger partial charge in [0.2, 0.25) is 11.7 Å². The zero-order chi connectivity index (χ0) is 21.8. The van der Waals surface area contributed by atoms with Crippen LogP contribution in [-0.2, 0) is 11.3 Å². The minimum Gasteiger partial charge on any atom is -0.325 e. The van der Waals surface area contributed by atoms with E-state index in [9.17, 15) is 9.59 Å². The van der Waals surface area contributed by atoms with Gasteiger partial charge in [0.1, 0.15) is 0 Å². The second kappa shape index (κ2) is 9.34. The van der Waals surface area contributed by atoms with Gasteiger partial charge < -0.3 is 5.32 Å². The van der Waals surface area contributed by atoms with Crippen molar-refractivity contribution in [1.82, 2.24) is 19.2 Å². The first-order valence-electron chi connectivity index (χ1n) is 10.4. The monoisotopic (exact) mass is 435 g/mol. The lowest BCUT2D eigenvalue weighted by molar-refractivity contribution is -0.113. The summed E-state index contributed by atoms with van der Waals surface area (Å²) >= 11 is 1.31. The molecular weight excluding hydrogens is 410 g/mol. The normalized spacial score (nSPS) is 11.3. The maximum Gasteiger partial charge on any atom is 0.262 e. The summed E-state index contributed by atoms with van der Waals surface area (Å²) in [6.07, 6.45) is 3.02. The Bertz CT molecular complexity index is 1290. The molecule has 2 aromatic carbocycles. The summed E-state index contributed by atoms with van der Waals surface area (Å²) in [5, 5.41) is 12.7. The van der Waals surface area contributed by atoms with Gasteiger partial charge in [0.25, 0.3) is 5.56 Å². The van der Waals surface area contributed by atoms with Gasteiger partial charge in [-0.15, -0.1) is 10.2 Å². The van der Waals surface area contributed by atoms with E-state index in [1.807, 2.05) is 59.9 Å². The molecule has 1 amide bonds. The molecule has 2 aromatic heterocycles. The van der Waals surface area contributed by atoms with Crippen molar-refractivity contribution in [2.24, 2.45) is 0 Å². The molecule has 4 aromatic rings. The molecule has 2 heterocycles. The van der Waals surface area contributed by atoms with Gasteiger partial charge in [-0.3, -0.25) is 18.6 Å². The highest BCUT2D eigenvalue weighted by molar-refractivity contribution is 7.99. The molecule has 0 fully saturated rings. The van der Waals surface area contributed by atoms with E-state index in [1.54, 1.807) is 4.57 Å². The number of anilines is 1. The lowest BCUT2D eigenvalue weighted by Gasteiger charge is -2.11. The van der Waals surface area contributed by atoms with Crippen molar-refractivity contribution in [3.05, 3.63) is 64.4 Å². The zero-order valence-electron chi connectivity index (χ0n) is 17.7. The summed E-state index contributed by atoms with van der Waals surface area (Å²) in [6, 6.07) is 15.2. The van der Waals surface area contributed by atoms with Gasteiger partial charge in [0.05, 0.1) is 16.7 Å². The van der Waals surface area contributed by atoms with Gasteiger partial charge in [-0.2, -0.15) is 0 Å². The number of hydrogen-bond acceptors (Lipinski definition) is 5. The number of benzene rings is 2. The Hall–Kier alpha value is -3.13. The van der Waals surface area contributed by atoms with Crippen LogP contribution in [0.15, 0.2) is 58.5 Å². The van der Waals surface area contributed by atoms with Crippen LogP contribution in [0, 0.1) is 6.92 Å². The molecule has 31 heavy (non-hydrogen) atoms. The van der Waals surface area contributed by atoms with Crippen molar-refractivity contribution < 1.29 is 4.79 Å². The van der Waals surface area contributed by atoms with Crippen molar-refractivity contribution in [3.8, 4) is 0 Å². The van der Waals surface area contributed by atoms with Crippen LogP contribution in [0.3, 0.4) is 0 Å². The smallest absolute Gasteiger partial charge is 0.262 e. The Kier molecular flexibility index (Phi) is 6.36. The molecule has 7 nitrogen and oxygen atoms in total. The molecule has 0 saturated carbocycles. The fourth-order valence-corrected chi connectivity index (χ4v) is 4.34. The third kappa shape index (κ3) is 4.49. The Labute approximate surface area is 184 Å².